The third-order valence-corrected chi connectivity index (χ3v) is 4.55. The van der Waals surface area contributed by atoms with E-state index >= 15 is 0 Å². The second kappa shape index (κ2) is 8.06. The number of aliphatic hydroxyl groups excluding tert-OH is 1. The zero-order valence-electron chi connectivity index (χ0n) is 14.6. The molecule has 1 unspecified atom stereocenters. The van der Waals surface area contributed by atoms with Crippen molar-refractivity contribution < 1.29 is 23.0 Å². The number of alkyl halides is 3. The van der Waals surface area contributed by atoms with Crippen molar-refractivity contribution in [3.05, 3.63) is 66.3 Å². The van der Waals surface area contributed by atoms with Crippen molar-refractivity contribution in [2.75, 3.05) is 13.2 Å². The van der Waals surface area contributed by atoms with Gasteiger partial charge in [-0.25, -0.2) is 0 Å². The maximum absolute atomic E-state index is 14.0. The van der Waals surface area contributed by atoms with Gasteiger partial charge in [-0.1, -0.05) is 48.6 Å². The molecule has 1 aromatic heterocycles. The molecule has 1 aliphatic carbocycles. The molecule has 0 spiro atoms. The molecule has 27 heavy (non-hydrogen) atoms. The molecule has 1 N–H and O–H groups in total. The molecular formula is C19H20F3N3O2. The number of rotatable bonds is 7. The minimum Gasteiger partial charge on any atom is -0.394 e. The van der Waals surface area contributed by atoms with Gasteiger partial charge in [0.1, 0.15) is 18.3 Å². The second-order valence-electron chi connectivity index (χ2n) is 6.37. The fraction of sp³-hybridized carbons (Fsp3) is 0.368. The number of aromatic nitrogens is 3. The van der Waals surface area contributed by atoms with Gasteiger partial charge in [0.05, 0.1) is 13.2 Å². The summed E-state index contributed by atoms with van der Waals surface area (Å²) in [4.78, 5) is 0. The topological polar surface area (TPSA) is 60.2 Å². The van der Waals surface area contributed by atoms with E-state index in [2.05, 4.69) is 10.2 Å². The Hall–Kier alpha value is -2.45. The molecule has 1 aliphatic rings. The lowest BCUT2D eigenvalue weighted by Crippen LogP contribution is -2.41. The van der Waals surface area contributed by atoms with Gasteiger partial charge in [0.25, 0.3) is 0 Å². The largest absolute Gasteiger partial charge is 0.399 e. The van der Waals surface area contributed by atoms with Crippen LogP contribution in [0, 0.1) is 5.41 Å². The van der Waals surface area contributed by atoms with Crippen LogP contribution in [0.15, 0.2) is 54.9 Å². The standard InChI is InChI=1S/C19H20F3N3O2/c20-19(21,22)18(13-25-14-23-24-17(25)12-27-11-10-26)8-6-16(7-9-18)15-4-2-1-3-5-15/h1-8,14,26H,9-13H2. The van der Waals surface area contributed by atoms with Gasteiger partial charge in [-0.05, 0) is 17.6 Å². The minimum absolute atomic E-state index is 0.0106. The summed E-state index contributed by atoms with van der Waals surface area (Å²) >= 11 is 0. The molecule has 0 bridgehead atoms. The zero-order chi connectivity index (χ0) is 19.3. The molecule has 1 atom stereocenters. The smallest absolute Gasteiger partial charge is 0.394 e. The normalized spacial score (nSPS) is 19.9. The number of ether oxygens (including phenoxy) is 1. The van der Waals surface area contributed by atoms with E-state index in [1.54, 1.807) is 6.08 Å². The number of benzene rings is 1. The highest BCUT2D eigenvalue weighted by atomic mass is 19.4. The zero-order valence-corrected chi connectivity index (χ0v) is 14.6. The molecule has 5 nitrogen and oxygen atoms in total. The van der Waals surface area contributed by atoms with Crippen LogP contribution in [0.1, 0.15) is 17.8 Å². The van der Waals surface area contributed by atoms with E-state index in [4.69, 9.17) is 9.84 Å². The van der Waals surface area contributed by atoms with E-state index in [1.807, 2.05) is 30.3 Å². The number of aliphatic hydroxyl groups is 1. The highest BCUT2D eigenvalue weighted by Gasteiger charge is 2.53. The van der Waals surface area contributed by atoms with Crippen LogP contribution in [0.4, 0.5) is 13.2 Å². The molecule has 0 radical (unpaired) electrons. The van der Waals surface area contributed by atoms with Gasteiger partial charge in [0, 0.05) is 6.54 Å². The van der Waals surface area contributed by atoms with Crippen LogP contribution in [0.25, 0.3) is 5.57 Å². The summed E-state index contributed by atoms with van der Waals surface area (Å²) in [5.41, 5.74) is -0.392. The summed E-state index contributed by atoms with van der Waals surface area (Å²) < 4.78 is 48.4. The van der Waals surface area contributed by atoms with Crippen LogP contribution in [-0.2, 0) is 17.9 Å². The van der Waals surface area contributed by atoms with Gasteiger partial charge in [-0.15, -0.1) is 10.2 Å². The molecule has 0 aliphatic heterocycles. The molecule has 8 heteroatoms. The Morgan fingerprint density at radius 3 is 2.63 bits per heavy atom. The Balaban J connectivity index is 1.82. The Morgan fingerprint density at radius 1 is 1.22 bits per heavy atom. The first-order valence-corrected chi connectivity index (χ1v) is 8.52. The van der Waals surface area contributed by atoms with Crippen LogP contribution < -0.4 is 0 Å². The maximum Gasteiger partial charge on any atom is 0.399 e. The van der Waals surface area contributed by atoms with E-state index < -0.39 is 11.6 Å². The first-order chi connectivity index (χ1) is 13.0. The number of allylic oxidation sites excluding steroid dienone is 4. The van der Waals surface area contributed by atoms with E-state index in [1.165, 1.54) is 23.0 Å². The van der Waals surface area contributed by atoms with Gasteiger partial charge >= 0.3 is 6.18 Å². The molecule has 0 saturated heterocycles. The Labute approximate surface area is 154 Å². The quantitative estimate of drug-likeness (QED) is 0.750. The van der Waals surface area contributed by atoms with Gasteiger partial charge < -0.3 is 14.4 Å². The molecule has 0 saturated carbocycles. The number of hydrogen-bond acceptors (Lipinski definition) is 4. The predicted molar refractivity (Wildman–Crippen MR) is 93.4 cm³/mol. The van der Waals surface area contributed by atoms with Crippen molar-refractivity contribution in [2.45, 2.75) is 25.7 Å². The van der Waals surface area contributed by atoms with Crippen molar-refractivity contribution >= 4 is 5.57 Å². The molecule has 3 rings (SSSR count). The van der Waals surface area contributed by atoms with Gasteiger partial charge in [0.2, 0.25) is 0 Å². The van der Waals surface area contributed by atoms with Crippen LogP contribution in [0.2, 0.25) is 0 Å². The Bertz CT molecular complexity index is 815. The van der Waals surface area contributed by atoms with Crippen LogP contribution in [-0.4, -0.2) is 39.3 Å². The van der Waals surface area contributed by atoms with Crippen LogP contribution >= 0.6 is 0 Å². The molecule has 1 aromatic carbocycles. The highest BCUT2D eigenvalue weighted by molar-refractivity contribution is 5.75. The SMILES string of the molecule is OCCOCc1nncn1CC1(C(F)(F)F)C=CC(c2ccccc2)=CC1. The lowest BCUT2D eigenvalue weighted by molar-refractivity contribution is -0.210. The average molecular weight is 379 g/mol. The van der Waals surface area contributed by atoms with Crippen LogP contribution in [0.3, 0.4) is 0 Å². The van der Waals surface area contributed by atoms with Crippen molar-refractivity contribution in [1.29, 1.82) is 0 Å². The summed E-state index contributed by atoms with van der Waals surface area (Å²) in [6.45, 7) is -0.434. The van der Waals surface area contributed by atoms with Crippen LogP contribution in [0.5, 0.6) is 0 Å². The number of nitrogens with zero attached hydrogens (tertiary/aromatic N) is 3. The Kier molecular flexibility index (Phi) is 5.76. The first-order valence-electron chi connectivity index (χ1n) is 8.52. The summed E-state index contributed by atoms with van der Waals surface area (Å²) in [7, 11) is 0. The number of halogens is 3. The predicted octanol–water partition coefficient (Wildman–Crippen LogP) is 3.38. The number of hydrogen-bond donors (Lipinski definition) is 1. The van der Waals surface area contributed by atoms with E-state index in [0.717, 1.165) is 11.1 Å². The summed E-state index contributed by atoms with van der Waals surface area (Å²) in [6.07, 6.45) is 1.04. The third-order valence-electron chi connectivity index (χ3n) is 4.55. The molecule has 0 fully saturated rings. The fourth-order valence-corrected chi connectivity index (χ4v) is 2.99. The average Bonchev–Trinajstić information content (AvgIpc) is 3.09. The minimum atomic E-state index is -4.43. The fourth-order valence-electron chi connectivity index (χ4n) is 2.99. The van der Waals surface area contributed by atoms with Gasteiger partial charge in [-0.2, -0.15) is 13.2 Å². The lowest BCUT2D eigenvalue weighted by Gasteiger charge is -2.35. The summed E-state index contributed by atoms with van der Waals surface area (Å²) in [5, 5.41) is 16.3. The monoisotopic (exact) mass is 379 g/mol. The first kappa shape index (κ1) is 19.3. The van der Waals surface area contributed by atoms with Gasteiger partial charge in [0.15, 0.2) is 5.82 Å². The van der Waals surface area contributed by atoms with E-state index in [0.29, 0.717) is 5.82 Å². The van der Waals surface area contributed by atoms with E-state index in [-0.39, 0.29) is 32.8 Å². The summed E-state index contributed by atoms with van der Waals surface area (Å²) in [5.74, 6) is 0.290. The van der Waals surface area contributed by atoms with Gasteiger partial charge in [-0.3, -0.25) is 0 Å². The Morgan fingerprint density at radius 2 is 2.00 bits per heavy atom. The molecular weight excluding hydrogens is 359 g/mol. The highest BCUT2D eigenvalue weighted by Crippen LogP contribution is 2.47. The molecule has 0 amide bonds. The third kappa shape index (κ3) is 4.28. The lowest BCUT2D eigenvalue weighted by atomic mass is 9.78. The molecule has 1 heterocycles. The van der Waals surface area contributed by atoms with Crippen molar-refractivity contribution in [2.24, 2.45) is 5.41 Å². The second-order valence-corrected chi connectivity index (χ2v) is 6.37. The summed E-state index contributed by atoms with van der Waals surface area (Å²) in [6, 6.07) is 9.31. The van der Waals surface area contributed by atoms with Crippen molar-refractivity contribution in [3.63, 3.8) is 0 Å². The van der Waals surface area contributed by atoms with Crippen molar-refractivity contribution in [3.8, 4) is 0 Å². The molecule has 2 aromatic rings. The maximum atomic E-state index is 14.0. The molecule has 144 valence electrons. The van der Waals surface area contributed by atoms with Crippen molar-refractivity contribution in [1.82, 2.24) is 14.8 Å². The van der Waals surface area contributed by atoms with E-state index in [9.17, 15) is 13.2 Å².